The molecular formula is C6H3BrINO2S. The molecule has 0 saturated heterocycles. The molecule has 0 radical (unpaired) electrons. The largest absolute Gasteiger partial charge is 0.285 e. The van der Waals surface area contributed by atoms with E-state index in [0.717, 1.165) is 3.57 Å². The van der Waals surface area contributed by atoms with Crippen LogP contribution in [0.2, 0.25) is 0 Å². The standard InChI is InChI=1S/C6H3BrINO2S/c7-6-4(9(10)11)1-3(8)2-5(6)12/h1-2,12H. The lowest BCUT2D eigenvalue weighted by Gasteiger charge is -1.99. The summed E-state index contributed by atoms with van der Waals surface area (Å²) in [4.78, 5) is 10.6. The first-order valence-electron chi connectivity index (χ1n) is 2.85. The molecular weight excluding hydrogens is 357 g/mol. The van der Waals surface area contributed by atoms with E-state index in [-0.39, 0.29) is 5.69 Å². The molecule has 0 aliphatic rings. The van der Waals surface area contributed by atoms with Gasteiger partial charge in [-0.3, -0.25) is 10.1 Å². The predicted molar refractivity (Wildman–Crippen MR) is 60.8 cm³/mol. The first-order valence-corrected chi connectivity index (χ1v) is 5.16. The first kappa shape index (κ1) is 10.3. The van der Waals surface area contributed by atoms with Crippen LogP contribution in [0, 0.1) is 13.7 Å². The minimum atomic E-state index is -0.439. The van der Waals surface area contributed by atoms with Gasteiger partial charge in [-0.15, -0.1) is 12.6 Å². The summed E-state index contributed by atoms with van der Waals surface area (Å²) in [6.07, 6.45) is 0. The van der Waals surface area contributed by atoms with Gasteiger partial charge in [-0.05, 0) is 44.6 Å². The minimum absolute atomic E-state index is 0.0481. The summed E-state index contributed by atoms with van der Waals surface area (Å²) in [5.41, 5.74) is 0.0481. The van der Waals surface area contributed by atoms with Gasteiger partial charge in [-0.1, -0.05) is 0 Å². The Labute approximate surface area is 96.4 Å². The summed E-state index contributed by atoms with van der Waals surface area (Å²) in [7, 11) is 0. The van der Waals surface area contributed by atoms with E-state index in [2.05, 4.69) is 28.6 Å². The molecule has 0 saturated carbocycles. The SMILES string of the molecule is O=[N+]([O-])c1cc(I)cc(S)c1Br. The monoisotopic (exact) mass is 359 g/mol. The third-order valence-electron chi connectivity index (χ3n) is 1.20. The highest BCUT2D eigenvalue weighted by atomic mass is 127. The van der Waals surface area contributed by atoms with Crippen molar-refractivity contribution in [2.45, 2.75) is 4.90 Å². The Balaban J connectivity index is 3.37. The van der Waals surface area contributed by atoms with Gasteiger partial charge in [0, 0.05) is 14.5 Å². The highest BCUT2D eigenvalue weighted by Gasteiger charge is 2.14. The molecule has 64 valence electrons. The van der Waals surface area contributed by atoms with Crippen molar-refractivity contribution in [3.63, 3.8) is 0 Å². The van der Waals surface area contributed by atoms with E-state index in [4.69, 9.17) is 0 Å². The maximum absolute atomic E-state index is 10.5. The fourth-order valence-corrected chi connectivity index (χ4v) is 2.17. The molecule has 12 heavy (non-hydrogen) atoms. The molecule has 3 nitrogen and oxygen atoms in total. The zero-order valence-corrected chi connectivity index (χ0v) is 10.3. The Hall–Kier alpha value is 0.180. The highest BCUT2D eigenvalue weighted by Crippen LogP contribution is 2.32. The molecule has 0 spiro atoms. The summed E-state index contributed by atoms with van der Waals surface area (Å²) in [6.45, 7) is 0. The van der Waals surface area contributed by atoms with Crippen LogP contribution in [0.3, 0.4) is 0 Å². The molecule has 0 aliphatic carbocycles. The van der Waals surface area contributed by atoms with Crippen molar-refractivity contribution in [1.82, 2.24) is 0 Å². The number of halogens is 2. The number of thiol groups is 1. The summed E-state index contributed by atoms with van der Waals surface area (Å²) in [5, 5.41) is 10.5. The topological polar surface area (TPSA) is 43.1 Å². The van der Waals surface area contributed by atoms with E-state index in [1.807, 2.05) is 22.6 Å². The number of nitro benzene ring substituents is 1. The van der Waals surface area contributed by atoms with Crippen LogP contribution >= 0.6 is 51.1 Å². The molecule has 0 bridgehead atoms. The Morgan fingerprint density at radius 2 is 2.17 bits per heavy atom. The molecule has 0 unspecified atom stereocenters. The molecule has 1 rings (SSSR count). The maximum atomic E-state index is 10.5. The van der Waals surface area contributed by atoms with E-state index in [9.17, 15) is 10.1 Å². The van der Waals surface area contributed by atoms with Gasteiger partial charge in [0.1, 0.15) is 4.47 Å². The zero-order valence-electron chi connectivity index (χ0n) is 5.62. The maximum Gasteiger partial charge on any atom is 0.285 e. The normalized spacial score (nSPS) is 9.92. The van der Waals surface area contributed by atoms with Crippen molar-refractivity contribution >= 4 is 56.8 Å². The fraction of sp³-hybridized carbons (Fsp3) is 0. The quantitative estimate of drug-likeness (QED) is 0.362. The van der Waals surface area contributed by atoms with Crippen LogP contribution in [-0.2, 0) is 0 Å². The van der Waals surface area contributed by atoms with Crippen molar-refractivity contribution in [2.24, 2.45) is 0 Å². The molecule has 0 atom stereocenters. The highest BCUT2D eigenvalue weighted by molar-refractivity contribution is 14.1. The van der Waals surface area contributed by atoms with Gasteiger partial charge in [0.15, 0.2) is 0 Å². The number of hydrogen-bond acceptors (Lipinski definition) is 3. The number of nitro groups is 1. The summed E-state index contributed by atoms with van der Waals surface area (Å²) < 4.78 is 1.23. The lowest BCUT2D eigenvalue weighted by atomic mass is 10.3. The van der Waals surface area contributed by atoms with Crippen molar-refractivity contribution in [3.05, 3.63) is 30.3 Å². The Bertz CT molecular complexity index is 345. The Morgan fingerprint density at radius 1 is 1.58 bits per heavy atom. The van der Waals surface area contributed by atoms with E-state index in [1.165, 1.54) is 6.07 Å². The average Bonchev–Trinajstić information content (AvgIpc) is 1.96. The minimum Gasteiger partial charge on any atom is -0.258 e. The first-order chi connectivity index (χ1) is 5.52. The lowest BCUT2D eigenvalue weighted by Crippen LogP contribution is -1.90. The van der Waals surface area contributed by atoms with Gasteiger partial charge in [0.25, 0.3) is 5.69 Å². The zero-order chi connectivity index (χ0) is 9.30. The van der Waals surface area contributed by atoms with E-state index < -0.39 is 4.92 Å². The van der Waals surface area contributed by atoms with Gasteiger partial charge in [0.2, 0.25) is 0 Å². The van der Waals surface area contributed by atoms with Crippen LogP contribution in [-0.4, -0.2) is 4.92 Å². The number of benzene rings is 1. The van der Waals surface area contributed by atoms with E-state index >= 15 is 0 Å². The molecule has 1 aromatic carbocycles. The predicted octanol–water partition coefficient (Wildman–Crippen LogP) is 3.25. The molecule has 0 aromatic heterocycles. The summed E-state index contributed by atoms with van der Waals surface area (Å²) >= 11 is 9.18. The third kappa shape index (κ3) is 2.11. The van der Waals surface area contributed by atoms with Gasteiger partial charge < -0.3 is 0 Å². The Kier molecular flexibility index (Phi) is 3.36. The van der Waals surface area contributed by atoms with E-state index in [1.54, 1.807) is 6.07 Å². The molecule has 6 heteroatoms. The van der Waals surface area contributed by atoms with Gasteiger partial charge in [0.05, 0.1) is 4.92 Å². The fourth-order valence-electron chi connectivity index (χ4n) is 0.694. The number of nitrogens with zero attached hydrogens (tertiary/aromatic N) is 1. The van der Waals surface area contributed by atoms with Crippen LogP contribution in [0.5, 0.6) is 0 Å². The van der Waals surface area contributed by atoms with Crippen LogP contribution < -0.4 is 0 Å². The second-order valence-corrected chi connectivity index (χ2v) is 4.54. The summed E-state index contributed by atoms with van der Waals surface area (Å²) in [5.74, 6) is 0. The van der Waals surface area contributed by atoms with Crippen molar-refractivity contribution in [1.29, 1.82) is 0 Å². The Morgan fingerprint density at radius 3 is 2.67 bits per heavy atom. The molecule has 0 aliphatic heterocycles. The second-order valence-electron chi connectivity index (χ2n) is 2.02. The van der Waals surface area contributed by atoms with Crippen LogP contribution in [0.1, 0.15) is 0 Å². The molecule has 1 aromatic rings. The average molecular weight is 360 g/mol. The van der Waals surface area contributed by atoms with E-state index in [0.29, 0.717) is 9.37 Å². The van der Waals surface area contributed by atoms with Crippen LogP contribution in [0.15, 0.2) is 21.5 Å². The molecule has 0 fully saturated rings. The smallest absolute Gasteiger partial charge is 0.258 e. The molecule has 0 amide bonds. The van der Waals surface area contributed by atoms with Gasteiger partial charge in [-0.25, -0.2) is 0 Å². The van der Waals surface area contributed by atoms with Gasteiger partial charge >= 0.3 is 0 Å². The number of rotatable bonds is 1. The third-order valence-corrected chi connectivity index (χ3v) is 3.31. The van der Waals surface area contributed by atoms with Crippen molar-refractivity contribution in [3.8, 4) is 0 Å². The number of hydrogen-bond donors (Lipinski definition) is 1. The lowest BCUT2D eigenvalue weighted by molar-refractivity contribution is -0.386. The molecule has 0 heterocycles. The van der Waals surface area contributed by atoms with Crippen molar-refractivity contribution in [2.75, 3.05) is 0 Å². The van der Waals surface area contributed by atoms with Crippen LogP contribution in [0.25, 0.3) is 0 Å². The summed E-state index contributed by atoms with van der Waals surface area (Å²) in [6, 6.07) is 3.24. The van der Waals surface area contributed by atoms with Crippen molar-refractivity contribution < 1.29 is 4.92 Å². The van der Waals surface area contributed by atoms with Crippen LogP contribution in [0.4, 0.5) is 5.69 Å². The molecule has 0 N–H and O–H groups in total. The second kappa shape index (κ2) is 3.93. The van der Waals surface area contributed by atoms with Gasteiger partial charge in [-0.2, -0.15) is 0 Å².